The largest absolute Gasteiger partial charge is 0.399 e. The zero-order chi connectivity index (χ0) is 13.7. The van der Waals surface area contributed by atoms with Crippen LogP contribution in [-0.2, 0) is 4.79 Å². The summed E-state index contributed by atoms with van der Waals surface area (Å²) in [5.41, 5.74) is 9.15. The highest BCUT2D eigenvalue weighted by Gasteiger charge is 2.07. The van der Waals surface area contributed by atoms with Gasteiger partial charge in [0, 0.05) is 23.6 Å². The van der Waals surface area contributed by atoms with E-state index in [9.17, 15) is 9.59 Å². The molecule has 0 aliphatic carbocycles. The smallest absolute Gasteiger partial charge is 0.258 e. The molecule has 0 saturated carbocycles. The highest BCUT2D eigenvalue weighted by molar-refractivity contribution is 5.97. The molecule has 0 saturated heterocycles. The van der Waals surface area contributed by atoms with Gasteiger partial charge < -0.3 is 11.1 Å². The molecular formula is C13H14N4O2. The van der Waals surface area contributed by atoms with E-state index in [1.165, 1.54) is 4.68 Å². The average molecular weight is 258 g/mol. The van der Waals surface area contributed by atoms with E-state index in [0.29, 0.717) is 11.3 Å². The summed E-state index contributed by atoms with van der Waals surface area (Å²) in [4.78, 5) is 23.3. The summed E-state index contributed by atoms with van der Waals surface area (Å²) in [7, 11) is 0. The summed E-state index contributed by atoms with van der Waals surface area (Å²) in [6.45, 7) is -0.0958. The number of anilines is 1. The summed E-state index contributed by atoms with van der Waals surface area (Å²) >= 11 is 0. The molecule has 1 aromatic carbocycles. The van der Waals surface area contributed by atoms with Gasteiger partial charge in [0.05, 0.1) is 6.54 Å². The van der Waals surface area contributed by atoms with Crippen molar-refractivity contribution in [3.05, 3.63) is 54.4 Å². The zero-order valence-corrected chi connectivity index (χ0v) is 10.2. The number of nitrogens with two attached hydrogens (primary N) is 1. The number of carbonyl (C=O) groups is 2. The van der Waals surface area contributed by atoms with E-state index >= 15 is 0 Å². The molecule has 6 nitrogen and oxygen atoms in total. The molecule has 2 rings (SSSR count). The Labute approximate surface area is 110 Å². The lowest BCUT2D eigenvalue weighted by molar-refractivity contribution is -0.116. The van der Waals surface area contributed by atoms with Crippen LogP contribution in [0.3, 0.4) is 0 Å². The summed E-state index contributed by atoms with van der Waals surface area (Å²) in [5.74, 6) is -0.623. The molecule has 0 aliphatic heterocycles. The Kier molecular flexibility index (Phi) is 3.82. The lowest BCUT2D eigenvalue weighted by Gasteiger charge is -2.07. The molecule has 1 heterocycles. The SMILES string of the molecule is Nc1ccc(C(=O)NCC(=O)Nn2cccc2)cc1. The quantitative estimate of drug-likeness (QED) is 0.700. The van der Waals surface area contributed by atoms with Crippen molar-refractivity contribution in [1.82, 2.24) is 9.99 Å². The van der Waals surface area contributed by atoms with Gasteiger partial charge in [-0.1, -0.05) is 0 Å². The topological polar surface area (TPSA) is 89.2 Å². The number of nitrogens with zero attached hydrogens (tertiary/aromatic N) is 1. The Morgan fingerprint density at radius 1 is 1.11 bits per heavy atom. The second-order valence-corrected chi connectivity index (χ2v) is 3.93. The zero-order valence-electron chi connectivity index (χ0n) is 10.2. The Morgan fingerprint density at radius 2 is 1.74 bits per heavy atom. The highest BCUT2D eigenvalue weighted by atomic mass is 16.2. The van der Waals surface area contributed by atoms with E-state index in [2.05, 4.69) is 10.7 Å². The van der Waals surface area contributed by atoms with E-state index in [0.717, 1.165) is 0 Å². The van der Waals surface area contributed by atoms with Crippen LogP contribution in [0, 0.1) is 0 Å². The van der Waals surface area contributed by atoms with E-state index in [1.54, 1.807) is 48.8 Å². The summed E-state index contributed by atoms with van der Waals surface area (Å²) in [6.07, 6.45) is 3.39. The minimum atomic E-state index is -0.317. The van der Waals surface area contributed by atoms with Crippen molar-refractivity contribution >= 4 is 17.5 Å². The van der Waals surface area contributed by atoms with Gasteiger partial charge in [-0.05, 0) is 36.4 Å². The molecule has 0 spiro atoms. The lowest BCUT2D eigenvalue weighted by atomic mass is 10.2. The standard InChI is InChI=1S/C13H14N4O2/c14-11-5-3-10(4-6-11)13(19)15-9-12(18)16-17-7-1-2-8-17/h1-8H,9,14H2,(H,15,19)(H,16,18). The predicted molar refractivity (Wildman–Crippen MR) is 72.0 cm³/mol. The van der Waals surface area contributed by atoms with Crippen molar-refractivity contribution < 1.29 is 9.59 Å². The second kappa shape index (κ2) is 5.72. The summed E-state index contributed by atoms with van der Waals surface area (Å²) < 4.78 is 1.51. The van der Waals surface area contributed by atoms with E-state index in [1.807, 2.05) is 0 Å². The van der Waals surface area contributed by atoms with Crippen LogP contribution in [0.5, 0.6) is 0 Å². The van der Waals surface area contributed by atoms with Gasteiger partial charge in [-0.25, -0.2) is 0 Å². The van der Waals surface area contributed by atoms with Gasteiger partial charge in [0.25, 0.3) is 11.8 Å². The van der Waals surface area contributed by atoms with Crippen molar-refractivity contribution in [1.29, 1.82) is 0 Å². The highest BCUT2D eigenvalue weighted by Crippen LogP contribution is 2.04. The molecule has 1 aromatic heterocycles. The van der Waals surface area contributed by atoms with Crippen LogP contribution < -0.4 is 16.5 Å². The fourth-order valence-electron chi connectivity index (χ4n) is 1.49. The van der Waals surface area contributed by atoms with E-state index < -0.39 is 0 Å². The van der Waals surface area contributed by atoms with Gasteiger partial charge in [-0.2, -0.15) is 0 Å². The Bertz CT molecular complexity index is 561. The van der Waals surface area contributed by atoms with Crippen molar-refractivity contribution in [2.75, 3.05) is 17.7 Å². The van der Waals surface area contributed by atoms with Gasteiger partial charge in [-0.3, -0.25) is 19.7 Å². The number of nitrogens with one attached hydrogen (secondary N) is 2. The molecule has 2 aromatic rings. The molecule has 0 fully saturated rings. The van der Waals surface area contributed by atoms with Crippen LogP contribution in [0.15, 0.2) is 48.8 Å². The Morgan fingerprint density at radius 3 is 2.37 bits per heavy atom. The maximum atomic E-state index is 11.7. The fourth-order valence-corrected chi connectivity index (χ4v) is 1.49. The van der Waals surface area contributed by atoms with Gasteiger partial charge in [0.15, 0.2) is 0 Å². The van der Waals surface area contributed by atoms with Crippen molar-refractivity contribution in [3.8, 4) is 0 Å². The lowest BCUT2D eigenvalue weighted by Crippen LogP contribution is -2.35. The van der Waals surface area contributed by atoms with Crippen LogP contribution in [0.2, 0.25) is 0 Å². The molecule has 2 amide bonds. The van der Waals surface area contributed by atoms with E-state index in [4.69, 9.17) is 5.73 Å². The monoisotopic (exact) mass is 258 g/mol. The maximum absolute atomic E-state index is 11.7. The molecule has 0 unspecified atom stereocenters. The van der Waals surface area contributed by atoms with E-state index in [-0.39, 0.29) is 18.4 Å². The number of aromatic nitrogens is 1. The number of hydrogen-bond acceptors (Lipinski definition) is 3. The average Bonchev–Trinajstić information content (AvgIpc) is 2.89. The van der Waals surface area contributed by atoms with Gasteiger partial charge in [0.2, 0.25) is 0 Å². The maximum Gasteiger partial charge on any atom is 0.258 e. The Balaban J connectivity index is 1.83. The third-order valence-electron chi connectivity index (χ3n) is 2.44. The molecule has 6 heteroatoms. The number of amides is 2. The van der Waals surface area contributed by atoms with Gasteiger partial charge >= 0.3 is 0 Å². The molecule has 0 bridgehead atoms. The number of nitrogen functional groups attached to an aromatic ring is 1. The van der Waals surface area contributed by atoms with Gasteiger partial charge in [-0.15, -0.1) is 0 Å². The van der Waals surface area contributed by atoms with Crippen LogP contribution in [0.1, 0.15) is 10.4 Å². The van der Waals surface area contributed by atoms with Crippen molar-refractivity contribution in [3.63, 3.8) is 0 Å². The van der Waals surface area contributed by atoms with Crippen LogP contribution >= 0.6 is 0 Å². The van der Waals surface area contributed by atoms with Crippen molar-refractivity contribution in [2.45, 2.75) is 0 Å². The number of rotatable bonds is 4. The molecule has 19 heavy (non-hydrogen) atoms. The van der Waals surface area contributed by atoms with Crippen LogP contribution in [0.4, 0.5) is 5.69 Å². The number of benzene rings is 1. The molecule has 0 atom stereocenters. The second-order valence-electron chi connectivity index (χ2n) is 3.93. The summed E-state index contributed by atoms with van der Waals surface area (Å²) in [6, 6.07) is 10.0. The number of carbonyl (C=O) groups excluding carboxylic acids is 2. The Hall–Kier alpha value is -2.76. The number of hydrogen-bond donors (Lipinski definition) is 3. The molecule has 4 N–H and O–H groups in total. The third kappa shape index (κ3) is 3.60. The van der Waals surface area contributed by atoms with Crippen molar-refractivity contribution in [2.24, 2.45) is 0 Å². The minimum absolute atomic E-state index is 0.0958. The first-order chi connectivity index (χ1) is 9.15. The molecular weight excluding hydrogens is 244 g/mol. The molecule has 0 radical (unpaired) electrons. The van der Waals surface area contributed by atoms with Crippen LogP contribution in [0.25, 0.3) is 0 Å². The first kappa shape index (κ1) is 12.7. The first-order valence-electron chi connectivity index (χ1n) is 5.72. The van der Waals surface area contributed by atoms with Crippen LogP contribution in [-0.4, -0.2) is 23.0 Å². The predicted octanol–water partition coefficient (Wildman–Crippen LogP) is 0.570. The molecule has 98 valence electrons. The normalized spacial score (nSPS) is 9.89. The third-order valence-corrected chi connectivity index (χ3v) is 2.44. The minimum Gasteiger partial charge on any atom is -0.399 e. The fraction of sp³-hybridized carbons (Fsp3) is 0.0769. The first-order valence-corrected chi connectivity index (χ1v) is 5.72. The van der Waals surface area contributed by atoms with Gasteiger partial charge in [0.1, 0.15) is 0 Å². The molecule has 0 aliphatic rings. The summed E-state index contributed by atoms with van der Waals surface area (Å²) in [5, 5.41) is 2.53.